The van der Waals surface area contributed by atoms with Crippen LogP contribution in [0.5, 0.6) is 5.75 Å². The van der Waals surface area contributed by atoms with Gasteiger partial charge in [0.05, 0.1) is 19.3 Å². The summed E-state index contributed by atoms with van der Waals surface area (Å²) < 4.78 is 9.52. The Morgan fingerprint density at radius 2 is 2.03 bits per heavy atom. The van der Waals surface area contributed by atoms with E-state index in [-0.39, 0.29) is 18.0 Å². The first-order valence-corrected chi connectivity index (χ1v) is 11.0. The molecular formula is C22H26N6O2S. The monoisotopic (exact) mass is 438 g/mol. The SMILES string of the molecule is COc1ccc(C2CN(Cc3ncccn3)CC[C@H]2NC(=O)Nc2cc(C)ns2)cc1. The second-order valence-corrected chi connectivity index (χ2v) is 8.41. The molecule has 2 N–H and O–H groups in total. The minimum absolute atomic E-state index is 0.00959. The quantitative estimate of drug-likeness (QED) is 0.613. The number of rotatable bonds is 6. The molecule has 1 saturated heterocycles. The zero-order valence-corrected chi connectivity index (χ0v) is 18.4. The summed E-state index contributed by atoms with van der Waals surface area (Å²) >= 11 is 1.28. The van der Waals surface area contributed by atoms with Crippen molar-refractivity contribution < 1.29 is 9.53 Å². The minimum Gasteiger partial charge on any atom is -0.497 e. The smallest absolute Gasteiger partial charge is 0.320 e. The number of anilines is 1. The fourth-order valence-corrected chi connectivity index (χ4v) is 4.53. The topological polar surface area (TPSA) is 92.3 Å². The highest BCUT2D eigenvalue weighted by Crippen LogP contribution is 2.29. The molecule has 4 rings (SSSR count). The number of hydrogen-bond acceptors (Lipinski definition) is 7. The second-order valence-electron chi connectivity index (χ2n) is 7.61. The summed E-state index contributed by atoms with van der Waals surface area (Å²) in [4.78, 5) is 23.7. The van der Waals surface area contributed by atoms with Gasteiger partial charge in [-0.25, -0.2) is 14.8 Å². The van der Waals surface area contributed by atoms with Crippen LogP contribution in [0.3, 0.4) is 0 Å². The molecule has 0 saturated carbocycles. The number of nitrogens with one attached hydrogen (secondary N) is 2. The lowest BCUT2D eigenvalue weighted by atomic mass is 9.86. The van der Waals surface area contributed by atoms with E-state index in [2.05, 4.69) is 42.0 Å². The third-order valence-corrected chi connectivity index (χ3v) is 6.20. The molecular weight excluding hydrogens is 412 g/mol. The summed E-state index contributed by atoms with van der Waals surface area (Å²) in [7, 11) is 1.66. The first-order valence-electron chi connectivity index (χ1n) is 10.2. The molecule has 0 spiro atoms. The number of ether oxygens (including phenoxy) is 1. The molecule has 3 aromatic rings. The maximum atomic E-state index is 12.6. The summed E-state index contributed by atoms with van der Waals surface area (Å²) in [6, 6.07) is 11.6. The molecule has 2 aromatic heterocycles. The number of piperidine rings is 1. The third kappa shape index (κ3) is 5.56. The predicted octanol–water partition coefficient (Wildman–Crippen LogP) is 3.43. The standard InChI is InChI=1S/C22H26N6O2S/c1-15-12-21(31-27-15)26-22(29)25-19-8-11-28(14-20-23-9-3-10-24-20)13-18(19)16-4-6-17(30-2)7-5-16/h3-7,9-10,12,18-19H,8,11,13-14H2,1-2H3,(H2,25,26,29)/t18?,19-/m1/s1. The molecule has 0 bridgehead atoms. The fourth-order valence-electron chi connectivity index (χ4n) is 3.88. The van der Waals surface area contributed by atoms with Crippen LogP contribution in [0.15, 0.2) is 48.8 Å². The predicted molar refractivity (Wildman–Crippen MR) is 120 cm³/mol. The van der Waals surface area contributed by atoms with Crippen molar-refractivity contribution in [3.05, 3.63) is 65.9 Å². The van der Waals surface area contributed by atoms with Gasteiger partial charge >= 0.3 is 6.03 Å². The fraction of sp³-hybridized carbons (Fsp3) is 0.364. The molecule has 1 unspecified atom stereocenters. The third-order valence-electron chi connectivity index (χ3n) is 5.41. The van der Waals surface area contributed by atoms with Crippen LogP contribution in [0.2, 0.25) is 0 Å². The molecule has 2 amide bonds. The maximum Gasteiger partial charge on any atom is 0.320 e. The lowest BCUT2D eigenvalue weighted by molar-refractivity contribution is 0.165. The Kier molecular flexibility index (Phi) is 6.73. The summed E-state index contributed by atoms with van der Waals surface area (Å²) in [5, 5.41) is 6.83. The van der Waals surface area contributed by atoms with E-state index in [1.54, 1.807) is 19.5 Å². The highest BCUT2D eigenvalue weighted by Gasteiger charge is 2.32. The van der Waals surface area contributed by atoms with Crippen LogP contribution in [0.1, 0.15) is 29.4 Å². The Bertz CT molecular complexity index is 995. The average molecular weight is 439 g/mol. The van der Waals surface area contributed by atoms with Gasteiger partial charge in [0.25, 0.3) is 0 Å². The number of amides is 2. The molecule has 3 heterocycles. The molecule has 31 heavy (non-hydrogen) atoms. The molecule has 0 aliphatic carbocycles. The maximum absolute atomic E-state index is 12.6. The number of aryl methyl sites for hydroxylation is 1. The molecule has 1 aliphatic rings. The molecule has 0 radical (unpaired) electrons. The van der Waals surface area contributed by atoms with E-state index in [0.29, 0.717) is 6.54 Å². The van der Waals surface area contributed by atoms with Gasteiger partial charge in [-0.05, 0) is 54.7 Å². The molecule has 162 valence electrons. The number of hydrogen-bond donors (Lipinski definition) is 2. The number of carbonyl (C=O) groups excluding carboxylic acids is 1. The van der Waals surface area contributed by atoms with Gasteiger partial charge in [0.1, 0.15) is 16.6 Å². The van der Waals surface area contributed by atoms with E-state index in [4.69, 9.17) is 4.74 Å². The summed E-state index contributed by atoms with van der Waals surface area (Å²) in [5.41, 5.74) is 2.06. The zero-order valence-electron chi connectivity index (χ0n) is 17.6. The first kappa shape index (κ1) is 21.2. The van der Waals surface area contributed by atoms with Crippen LogP contribution in [0, 0.1) is 6.92 Å². The largest absolute Gasteiger partial charge is 0.497 e. The molecule has 1 aromatic carbocycles. The van der Waals surface area contributed by atoms with Crippen LogP contribution < -0.4 is 15.4 Å². The van der Waals surface area contributed by atoms with Gasteiger partial charge in [0, 0.05) is 37.4 Å². The number of nitrogens with zero attached hydrogens (tertiary/aromatic N) is 4. The Morgan fingerprint density at radius 3 is 2.71 bits per heavy atom. The van der Waals surface area contributed by atoms with E-state index in [9.17, 15) is 4.79 Å². The Hall–Kier alpha value is -3.04. The van der Waals surface area contributed by atoms with Crippen LogP contribution in [-0.2, 0) is 6.54 Å². The van der Waals surface area contributed by atoms with Crippen LogP contribution in [0.25, 0.3) is 0 Å². The number of urea groups is 1. The van der Waals surface area contributed by atoms with E-state index in [1.165, 1.54) is 17.1 Å². The molecule has 2 atom stereocenters. The zero-order chi connectivity index (χ0) is 21.6. The molecule has 1 aliphatic heterocycles. The number of benzene rings is 1. The van der Waals surface area contributed by atoms with Crippen molar-refractivity contribution in [1.29, 1.82) is 0 Å². The Labute approximate surface area is 185 Å². The van der Waals surface area contributed by atoms with Crippen molar-refractivity contribution in [2.75, 3.05) is 25.5 Å². The summed E-state index contributed by atoms with van der Waals surface area (Å²) in [6.45, 7) is 4.25. The van der Waals surface area contributed by atoms with E-state index in [0.717, 1.165) is 41.8 Å². The second kappa shape index (κ2) is 9.84. The highest BCUT2D eigenvalue weighted by molar-refractivity contribution is 7.10. The number of methoxy groups -OCH3 is 1. The van der Waals surface area contributed by atoms with Gasteiger partial charge in [-0.3, -0.25) is 10.2 Å². The van der Waals surface area contributed by atoms with E-state index >= 15 is 0 Å². The lowest BCUT2D eigenvalue weighted by Crippen LogP contribution is -2.50. The molecule has 8 nitrogen and oxygen atoms in total. The number of likely N-dealkylation sites (tertiary alicyclic amines) is 1. The molecule has 1 fully saturated rings. The van der Waals surface area contributed by atoms with Gasteiger partial charge in [0.15, 0.2) is 0 Å². The first-order chi connectivity index (χ1) is 15.1. The lowest BCUT2D eigenvalue weighted by Gasteiger charge is -2.39. The summed E-state index contributed by atoms with van der Waals surface area (Å²) in [6.07, 6.45) is 4.37. The van der Waals surface area contributed by atoms with E-state index in [1.807, 2.05) is 31.2 Å². The van der Waals surface area contributed by atoms with E-state index < -0.39 is 0 Å². The molecule has 9 heteroatoms. The van der Waals surface area contributed by atoms with Gasteiger partial charge in [-0.1, -0.05) is 12.1 Å². The van der Waals surface area contributed by atoms with Crippen LogP contribution in [0.4, 0.5) is 9.80 Å². The van der Waals surface area contributed by atoms with Crippen molar-refractivity contribution in [2.45, 2.75) is 31.8 Å². The van der Waals surface area contributed by atoms with Crippen molar-refractivity contribution in [1.82, 2.24) is 24.6 Å². The van der Waals surface area contributed by atoms with Gasteiger partial charge in [-0.2, -0.15) is 4.37 Å². The van der Waals surface area contributed by atoms with Crippen molar-refractivity contribution >= 4 is 22.6 Å². The average Bonchev–Trinajstić information content (AvgIpc) is 3.20. The highest BCUT2D eigenvalue weighted by atomic mass is 32.1. The Morgan fingerprint density at radius 1 is 1.26 bits per heavy atom. The van der Waals surface area contributed by atoms with Crippen molar-refractivity contribution in [2.24, 2.45) is 0 Å². The van der Waals surface area contributed by atoms with Crippen LogP contribution in [-0.4, -0.2) is 51.5 Å². The van der Waals surface area contributed by atoms with Crippen molar-refractivity contribution in [3.63, 3.8) is 0 Å². The Balaban J connectivity index is 1.48. The summed E-state index contributed by atoms with van der Waals surface area (Å²) in [5.74, 6) is 1.76. The number of aromatic nitrogens is 3. The van der Waals surface area contributed by atoms with Gasteiger partial charge < -0.3 is 10.1 Å². The normalized spacial score (nSPS) is 19.0. The van der Waals surface area contributed by atoms with Gasteiger partial charge in [0.2, 0.25) is 0 Å². The number of carbonyl (C=O) groups is 1. The van der Waals surface area contributed by atoms with Crippen LogP contribution >= 0.6 is 11.5 Å². The minimum atomic E-state index is -0.202. The van der Waals surface area contributed by atoms with Crippen molar-refractivity contribution in [3.8, 4) is 5.75 Å². The van der Waals surface area contributed by atoms with Gasteiger partial charge in [-0.15, -0.1) is 0 Å².